The molecule has 8 heteroatoms. The number of hydrogen-bond acceptors (Lipinski definition) is 4. The van der Waals surface area contributed by atoms with Gasteiger partial charge in [-0.3, -0.25) is 4.79 Å². The highest BCUT2D eigenvalue weighted by Crippen LogP contribution is 2.38. The minimum atomic E-state index is -4.70. The van der Waals surface area contributed by atoms with Crippen molar-refractivity contribution in [2.75, 3.05) is 13.1 Å². The molecule has 0 radical (unpaired) electrons. The fourth-order valence-electron chi connectivity index (χ4n) is 2.61. The summed E-state index contributed by atoms with van der Waals surface area (Å²) >= 11 is 0. The number of piperidine rings is 1. The van der Waals surface area contributed by atoms with E-state index in [0.717, 1.165) is 0 Å². The number of nitrogens with zero attached hydrogens (tertiary/aromatic N) is 2. The van der Waals surface area contributed by atoms with Crippen LogP contribution in [0.1, 0.15) is 23.3 Å². The van der Waals surface area contributed by atoms with Crippen molar-refractivity contribution in [1.29, 1.82) is 0 Å². The Bertz CT molecular complexity index is 720. The van der Waals surface area contributed by atoms with Crippen LogP contribution < -0.4 is 0 Å². The van der Waals surface area contributed by atoms with E-state index in [1.165, 1.54) is 11.2 Å². The van der Waals surface area contributed by atoms with Gasteiger partial charge in [-0.1, -0.05) is 18.2 Å². The molecule has 0 aliphatic carbocycles. The highest BCUT2D eigenvalue weighted by Gasteiger charge is 2.55. The van der Waals surface area contributed by atoms with Crippen LogP contribution in [0.2, 0.25) is 0 Å². The lowest BCUT2D eigenvalue weighted by Gasteiger charge is -2.38. The van der Waals surface area contributed by atoms with Crippen molar-refractivity contribution in [3.8, 4) is 11.5 Å². The molecule has 0 atom stereocenters. The van der Waals surface area contributed by atoms with E-state index >= 15 is 0 Å². The van der Waals surface area contributed by atoms with Gasteiger partial charge in [-0.05, 0) is 12.1 Å². The fourth-order valence-corrected chi connectivity index (χ4v) is 2.61. The molecule has 0 bridgehead atoms. The minimum Gasteiger partial charge on any atom is -0.444 e. The lowest BCUT2D eigenvalue weighted by atomic mass is 9.90. The highest BCUT2D eigenvalue weighted by molar-refractivity contribution is 5.92. The van der Waals surface area contributed by atoms with E-state index < -0.39 is 30.5 Å². The van der Waals surface area contributed by atoms with Gasteiger partial charge in [0, 0.05) is 31.5 Å². The molecule has 5 nitrogen and oxygen atoms in total. The van der Waals surface area contributed by atoms with Crippen molar-refractivity contribution in [3.05, 3.63) is 42.3 Å². The standard InChI is InChI=1S/C16H15F3N2O3/c17-16(18,19)15(23)6-8-21(9-7-15)14(22)12-10-24-13(20-12)11-4-2-1-3-5-11/h1-5,10,23H,6-9H2. The van der Waals surface area contributed by atoms with E-state index in [0.29, 0.717) is 5.56 Å². The summed E-state index contributed by atoms with van der Waals surface area (Å²) in [6, 6.07) is 8.95. The highest BCUT2D eigenvalue weighted by atomic mass is 19.4. The predicted molar refractivity (Wildman–Crippen MR) is 78.1 cm³/mol. The quantitative estimate of drug-likeness (QED) is 0.913. The predicted octanol–water partition coefficient (Wildman–Crippen LogP) is 2.87. The lowest BCUT2D eigenvalue weighted by Crippen LogP contribution is -2.54. The summed E-state index contributed by atoms with van der Waals surface area (Å²) in [5, 5.41) is 9.63. The van der Waals surface area contributed by atoms with Gasteiger partial charge in [-0.15, -0.1) is 0 Å². The molecule has 1 aromatic heterocycles. The molecule has 1 amide bonds. The van der Waals surface area contributed by atoms with Crippen LogP contribution >= 0.6 is 0 Å². The number of halogens is 3. The molecule has 3 rings (SSSR count). The maximum atomic E-state index is 12.8. The number of hydrogen-bond donors (Lipinski definition) is 1. The molecule has 1 aromatic carbocycles. The summed E-state index contributed by atoms with van der Waals surface area (Å²) in [5.74, 6) is -0.243. The number of aromatic nitrogens is 1. The number of aliphatic hydroxyl groups is 1. The van der Waals surface area contributed by atoms with Gasteiger partial charge in [0.1, 0.15) is 6.26 Å². The molecule has 0 saturated carbocycles. The normalized spacial score (nSPS) is 17.8. The molecular formula is C16H15F3N2O3. The van der Waals surface area contributed by atoms with E-state index in [2.05, 4.69) is 4.98 Å². The first kappa shape index (κ1) is 16.5. The van der Waals surface area contributed by atoms with Gasteiger partial charge in [-0.25, -0.2) is 4.98 Å². The molecule has 24 heavy (non-hydrogen) atoms. The number of oxazole rings is 1. The summed E-state index contributed by atoms with van der Waals surface area (Å²) in [4.78, 5) is 17.7. The van der Waals surface area contributed by atoms with E-state index in [-0.39, 0.29) is 24.7 Å². The van der Waals surface area contributed by atoms with Crippen molar-refractivity contribution in [2.24, 2.45) is 0 Å². The monoisotopic (exact) mass is 340 g/mol. The molecule has 128 valence electrons. The molecule has 1 saturated heterocycles. The lowest BCUT2D eigenvalue weighted by molar-refractivity contribution is -0.271. The third kappa shape index (κ3) is 3.01. The van der Waals surface area contributed by atoms with Crippen LogP contribution in [-0.4, -0.2) is 45.8 Å². The fraction of sp³-hybridized carbons (Fsp3) is 0.375. The number of rotatable bonds is 2. The summed E-state index contributed by atoms with van der Waals surface area (Å²) in [6.07, 6.45) is -4.61. The van der Waals surface area contributed by atoms with Crippen molar-refractivity contribution in [1.82, 2.24) is 9.88 Å². The second-order valence-corrected chi connectivity index (χ2v) is 5.73. The zero-order valence-electron chi connectivity index (χ0n) is 12.6. The van der Waals surface area contributed by atoms with E-state index in [1.54, 1.807) is 24.3 Å². The maximum Gasteiger partial charge on any atom is 0.417 e. The number of benzene rings is 1. The molecule has 2 aromatic rings. The molecule has 1 aliphatic rings. The molecular weight excluding hydrogens is 325 g/mol. The Morgan fingerprint density at radius 3 is 2.42 bits per heavy atom. The van der Waals surface area contributed by atoms with Gasteiger partial charge >= 0.3 is 6.18 Å². The van der Waals surface area contributed by atoms with Crippen molar-refractivity contribution >= 4 is 5.91 Å². The van der Waals surface area contributed by atoms with Crippen LogP contribution in [0.5, 0.6) is 0 Å². The Balaban J connectivity index is 1.70. The van der Waals surface area contributed by atoms with Crippen LogP contribution in [0, 0.1) is 0 Å². The molecule has 0 unspecified atom stereocenters. The Kier molecular flexibility index (Phi) is 4.08. The Labute approximate surface area is 135 Å². The van der Waals surface area contributed by atoms with E-state index in [1.807, 2.05) is 6.07 Å². The molecule has 2 heterocycles. The topological polar surface area (TPSA) is 66.6 Å². The van der Waals surface area contributed by atoms with Crippen molar-refractivity contribution < 1.29 is 27.5 Å². The third-order valence-electron chi connectivity index (χ3n) is 4.15. The number of alkyl halides is 3. The largest absolute Gasteiger partial charge is 0.444 e. The summed E-state index contributed by atoms with van der Waals surface area (Å²) in [7, 11) is 0. The summed E-state index contributed by atoms with van der Waals surface area (Å²) in [6.45, 7) is -0.384. The van der Waals surface area contributed by atoms with Crippen LogP contribution in [0.3, 0.4) is 0 Å². The van der Waals surface area contributed by atoms with Gasteiger partial charge in [0.15, 0.2) is 11.3 Å². The Hall–Kier alpha value is -2.35. The van der Waals surface area contributed by atoms with Gasteiger partial charge in [0.2, 0.25) is 5.89 Å². The van der Waals surface area contributed by atoms with Crippen LogP contribution in [-0.2, 0) is 0 Å². The number of amides is 1. The van der Waals surface area contributed by atoms with Gasteiger partial charge in [-0.2, -0.15) is 13.2 Å². The number of likely N-dealkylation sites (tertiary alicyclic amines) is 1. The van der Waals surface area contributed by atoms with Gasteiger partial charge in [0.05, 0.1) is 0 Å². The molecule has 1 N–H and O–H groups in total. The average Bonchev–Trinajstić information content (AvgIpc) is 3.05. The zero-order chi connectivity index (χ0) is 17.4. The number of carbonyl (C=O) groups is 1. The first-order valence-electron chi connectivity index (χ1n) is 7.39. The van der Waals surface area contributed by atoms with Crippen molar-refractivity contribution in [3.63, 3.8) is 0 Å². The molecule has 1 fully saturated rings. The molecule has 1 aliphatic heterocycles. The Morgan fingerprint density at radius 1 is 1.21 bits per heavy atom. The smallest absolute Gasteiger partial charge is 0.417 e. The summed E-state index contributed by atoms with van der Waals surface area (Å²) < 4.78 is 43.6. The van der Waals surface area contributed by atoms with Crippen LogP contribution in [0.15, 0.2) is 41.0 Å². The maximum absolute atomic E-state index is 12.8. The van der Waals surface area contributed by atoms with E-state index in [9.17, 15) is 23.1 Å². The first-order valence-corrected chi connectivity index (χ1v) is 7.39. The van der Waals surface area contributed by atoms with Crippen molar-refractivity contribution in [2.45, 2.75) is 24.6 Å². The second kappa shape index (κ2) is 5.94. The van der Waals surface area contributed by atoms with E-state index in [4.69, 9.17) is 4.42 Å². The first-order chi connectivity index (χ1) is 11.3. The van der Waals surface area contributed by atoms with Gasteiger partial charge < -0.3 is 14.4 Å². The SMILES string of the molecule is O=C(c1coc(-c2ccccc2)n1)N1CCC(O)(C(F)(F)F)CC1. The Morgan fingerprint density at radius 2 is 1.83 bits per heavy atom. The third-order valence-corrected chi connectivity index (χ3v) is 4.15. The summed E-state index contributed by atoms with van der Waals surface area (Å²) in [5.41, 5.74) is -2.00. The van der Waals surface area contributed by atoms with Crippen LogP contribution in [0.25, 0.3) is 11.5 Å². The second-order valence-electron chi connectivity index (χ2n) is 5.73. The minimum absolute atomic E-state index is 0.0336. The number of carbonyl (C=O) groups excluding carboxylic acids is 1. The molecule has 0 spiro atoms. The van der Waals surface area contributed by atoms with Gasteiger partial charge in [0.25, 0.3) is 5.91 Å². The average molecular weight is 340 g/mol. The zero-order valence-corrected chi connectivity index (χ0v) is 12.6. The van der Waals surface area contributed by atoms with Crippen LogP contribution in [0.4, 0.5) is 13.2 Å².